The molecule has 0 fully saturated rings. The largest absolute Gasteiger partial charge is 0.466 e. The molecule has 1 atom stereocenters. The first-order valence-electron chi connectivity index (χ1n) is 22.8. The molecule has 51 heavy (non-hydrogen) atoms. The minimum absolute atomic E-state index is 0.0155. The maximum atomic E-state index is 12.7. The third-order valence-electron chi connectivity index (χ3n) is 10.4. The second kappa shape index (κ2) is 41.6. The van der Waals surface area contributed by atoms with E-state index in [2.05, 4.69) is 25.7 Å². The van der Waals surface area contributed by atoms with Gasteiger partial charge in [0.15, 0.2) is 0 Å². The molecule has 1 unspecified atom stereocenters. The van der Waals surface area contributed by atoms with Crippen LogP contribution in [0.25, 0.3) is 0 Å². The monoisotopic (exact) mass is 724 g/mol. The van der Waals surface area contributed by atoms with Gasteiger partial charge in [-0.05, 0) is 70.9 Å². The van der Waals surface area contributed by atoms with E-state index in [-0.39, 0.29) is 24.6 Å². The van der Waals surface area contributed by atoms with Gasteiger partial charge in [0.25, 0.3) is 0 Å². The predicted molar refractivity (Wildman–Crippen MR) is 218 cm³/mol. The minimum Gasteiger partial charge on any atom is -0.466 e. The van der Waals surface area contributed by atoms with Crippen LogP contribution in [-0.2, 0) is 19.1 Å². The second-order valence-electron chi connectivity index (χ2n) is 15.5. The van der Waals surface area contributed by atoms with Gasteiger partial charge in [0.1, 0.15) is 6.10 Å². The highest BCUT2D eigenvalue weighted by molar-refractivity contribution is 5.69. The summed E-state index contributed by atoms with van der Waals surface area (Å²) in [5.74, 6) is -0.0154. The van der Waals surface area contributed by atoms with Crippen LogP contribution in [0.4, 0.5) is 0 Å². The van der Waals surface area contributed by atoms with Gasteiger partial charge in [-0.25, -0.2) is 0 Å². The fraction of sp³-hybridized carbons (Fsp3) is 0.956. The van der Waals surface area contributed by atoms with Crippen molar-refractivity contribution in [2.24, 2.45) is 0 Å². The molecular weight excluding hydrogens is 634 g/mol. The molecule has 0 aromatic heterocycles. The highest BCUT2D eigenvalue weighted by Gasteiger charge is 2.14. The van der Waals surface area contributed by atoms with Crippen molar-refractivity contribution in [3.8, 4) is 0 Å². The highest BCUT2D eigenvalue weighted by atomic mass is 16.5. The van der Waals surface area contributed by atoms with Crippen molar-refractivity contribution >= 4 is 11.9 Å². The average Bonchev–Trinajstić information content (AvgIpc) is 3.12. The summed E-state index contributed by atoms with van der Waals surface area (Å²) in [4.78, 5) is 27.1. The van der Waals surface area contributed by atoms with Gasteiger partial charge in [-0.2, -0.15) is 0 Å². The van der Waals surface area contributed by atoms with E-state index >= 15 is 0 Å². The smallest absolute Gasteiger partial charge is 0.306 e. The van der Waals surface area contributed by atoms with E-state index in [4.69, 9.17) is 9.47 Å². The maximum Gasteiger partial charge on any atom is 0.306 e. The Morgan fingerprint density at radius 2 is 0.824 bits per heavy atom. The lowest BCUT2D eigenvalue weighted by atomic mass is 10.0. The van der Waals surface area contributed by atoms with Crippen molar-refractivity contribution in [3.05, 3.63) is 0 Å². The molecule has 1 N–H and O–H groups in total. The van der Waals surface area contributed by atoms with E-state index in [1.807, 2.05) is 0 Å². The van der Waals surface area contributed by atoms with Gasteiger partial charge in [0, 0.05) is 19.4 Å². The summed E-state index contributed by atoms with van der Waals surface area (Å²) in [5.41, 5.74) is 0. The van der Waals surface area contributed by atoms with Crippen LogP contribution in [0, 0.1) is 0 Å². The fourth-order valence-electron chi connectivity index (χ4n) is 7.05. The van der Waals surface area contributed by atoms with Crippen LogP contribution in [0.15, 0.2) is 0 Å². The summed E-state index contributed by atoms with van der Waals surface area (Å²) in [6, 6.07) is 0. The molecule has 0 radical (unpaired) electrons. The van der Waals surface area contributed by atoms with E-state index < -0.39 is 0 Å². The Bertz CT molecular complexity index is 717. The summed E-state index contributed by atoms with van der Waals surface area (Å²) in [7, 11) is 0. The molecule has 0 aromatic rings. The van der Waals surface area contributed by atoms with Crippen LogP contribution in [0.3, 0.4) is 0 Å². The van der Waals surface area contributed by atoms with Crippen LogP contribution in [-0.4, -0.2) is 60.9 Å². The van der Waals surface area contributed by atoms with Crippen molar-refractivity contribution in [1.29, 1.82) is 0 Å². The van der Waals surface area contributed by atoms with Crippen molar-refractivity contribution in [2.45, 2.75) is 245 Å². The highest BCUT2D eigenvalue weighted by Crippen LogP contribution is 2.19. The number of hydrogen-bond donors (Lipinski definition) is 1. The van der Waals surface area contributed by atoms with Gasteiger partial charge in [-0.1, -0.05) is 168 Å². The Morgan fingerprint density at radius 3 is 1.27 bits per heavy atom. The Hall–Kier alpha value is -1.14. The molecule has 0 bridgehead atoms. The van der Waals surface area contributed by atoms with Crippen molar-refractivity contribution < 1.29 is 24.2 Å². The molecule has 6 heteroatoms. The first-order chi connectivity index (χ1) is 25.1. The molecule has 0 amide bonds. The lowest BCUT2D eigenvalue weighted by Crippen LogP contribution is -2.29. The Morgan fingerprint density at radius 1 is 0.451 bits per heavy atom. The number of esters is 2. The zero-order chi connectivity index (χ0) is 37.3. The normalized spacial score (nSPS) is 12.1. The average molecular weight is 724 g/mol. The summed E-state index contributed by atoms with van der Waals surface area (Å²) < 4.78 is 11.4. The van der Waals surface area contributed by atoms with Crippen LogP contribution >= 0.6 is 0 Å². The maximum absolute atomic E-state index is 12.7. The lowest BCUT2D eigenvalue weighted by molar-refractivity contribution is -0.150. The van der Waals surface area contributed by atoms with Gasteiger partial charge < -0.3 is 19.5 Å². The third kappa shape index (κ3) is 38.4. The molecular formula is C45H89NO5. The van der Waals surface area contributed by atoms with Gasteiger partial charge in [0.2, 0.25) is 0 Å². The number of carbonyl (C=O) groups is 2. The van der Waals surface area contributed by atoms with Crippen LogP contribution < -0.4 is 0 Å². The van der Waals surface area contributed by atoms with E-state index in [1.54, 1.807) is 0 Å². The minimum atomic E-state index is -0.0310. The van der Waals surface area contributed by atoms with E-state index in [9.17, 15) is 14.7 Å². The van der Waals surface area contributed by atoms with Gasteiger partial charge in [0.05, 0.1) is 13.2 Å². The summed E-state index contributed by atoms with van der Waals surface area (Å²) in [6.45, 7) is 10.4. The topological polar surface area (TPSA) is 76.1 Å². The molecule has 0 aromatic carbocycles. The SMILES string of the molecule is CCCCCCCCCOC(=O)CCCCCCCN(CCO)CCCCCCCC(=O)OC(CCCCCCCC)CCCCCCCCC. The number of ether oxygens (including phenoxy) is 2. The van der Waals surface area contributed by atoms with E-state index in [1.165, 1.54) is 135 Å². The quantitative estimate of drug-likeness (QED) is 0.0499. The summed E-state index contributed by atoms with van der Waals surface area (Å²) in [5, 5.41) is 9.55. The van der Waals surface area contributed by atoms with Crippen molar-refractivity contribution in [1.82, 2.24) is 4.90 Å². The van der Waals surface area contributed by atoms with Crippen molar-refractivity contribution in [3.63, 3.8) is 0 Å². The Kier molecular flexibility index (Phi) is 40.7. The molecule has 0 saturated carbocycles. The number of aliphatic hydroxyl groups is 1. The molecule has 6 nitrogen and oxygen atoms in total. The molecule has 0 aliphatic carbocycles. The third-order valence-corrected chi connectivity index (χ3v) is 10.4. The number of nitrogens with zero attached hydrogens (tertiary/aromatic N) is 1. The molecule has 0 aliphatic heterocycles. The first kappa shape index (κ1) is 49.9. The van der Waals surface area contributed by atoms with Crippen LogP contribution in [0.1, 0.15) is 239 Å². The zero-order valence-electron chi connectivity index (χ0n) is 34.7. The van der Waals surface area contributed by atoms with Gasteiger partial charge in [-0.15, -0.1) is 0 Å². The predicted octanol–water partition coefficient (Wildman–Crippen LogP) is 13.1. The number of carbonyl (C=O) groups excluding carboxylic acids is 2. The van der Waals surface area contributed by atoms with Gasteiger partial charge >= 0.3 is 11.9 Å². The Labute approximate surface area is 318 Å². The molecule has 0 spiro atoms. The number of unbranched alkanes of at least 4 members (excludes halogenated alkanes) is 25. The second-order valence-corrected chi connectivity index (χ2v) is 15.5. The molecule has 0 rings (SSSR count). The Balaban J connectivity index is 3.96. The number of hydrogen-bond acceptors (Lipinski definition) is 6. The summed E-state index contributed by atoms with van der Waals surface area (Å²) >= 11 is 0. The first-order valence-corrected chi connectivity index (χ1v) is 22.8. The van der Waals surface area contributed by atoms with Crippen LogP contribution in [0.2, 0.25) is 0 Å². The molecule has 0 heterocycles. The molecule has 0 saturated heterocycles. The molecule has 304 valence electrons. The number of rotatable bonds is 42. The van der Waals surface area contributed by atoms with Crippen molar-refractivity contribution in [2.75, 3.05) is 32.8 Å². The van der Waals surface area contributed by atoms with E-state index in [0.29, 0.717) is 19.4 Å². The number of aliphatic hydroxyl groups excluding tert-OH is 1. The van der Waals surface area contributed by atoms with Crippen LogP contribution in [0.5, 0.6) is 0 Å². The zero-order valence-corrected chi connectivity index (χ0v) is 34.7. The van der Waals surface area contributed by atoms with Gasteiger partial charge in [-0.3, -0.25) is 9.59 Å². The van der Waals surface area contributed by atoms with E-state index in [0.717, 1.165) is 90.3 Å². The fourth-order valence-corrected chi connectivity index (χ4v) is 7.05. The lowest BCUT2D eigenvalue weighted by Gasteiger charge is -2.21. The summed E-state index contributed by atoms with van der Waals surface area (Å²) in [6.07, 6.45) is 39.7. The molecule has 0 aliphatic rings. The standard InChI is InChI=1S/C45H89NO5/c1-4-7-10-13-16-21-28-35-43(34-27-20-15-12-9-6-3)51-45(49)37-30-23-19-25-32-39-46(40-41-47)38-31-24-18-22-29-36-44(48)50-42-33-26-17-14-11-8-5-2/h43,47H,4-42H2,1-3H3.